The standard InChI is InChI=1S/C13H20N4O/c1-8(6-12(14)18)17-11-4-5-15-7-10(11)16-13(17)9-2-3-9/h8-9,15H,2-7H2,1H3,(H2,14,18). The minimum absolute atomic E-state index is 0.132. The summed E-state index contributed by atoms with van der Waals surface area (Å²) in [5, 5.41) is 3.35. The summed E-state index contributed by atoms with van der Waals surface area (Å²) in [5.74, 6) is 1.55. The molecule has 1 aliphatic heterocycles. The van der Waals surface area contributed by atoms with Gasteiger partial charge in [-0.15, -0.1) is 0 Å². The predicted octanol–water partition coefficient (Wildman–Crippen LogP) is 0.843. The number of rotatable bonds is 4. The highest BCUT2D eigenvalue weighted by Gasteiger charge is 2.33. The van der Waals surface area contributed by atoms with E-state index in [-0.39, 0.29) is 11.9 Å². The van der Waals surface area contributed by atoms with E-state index in [9.17, 15) is 4.79 Å². The molecule has 1 unspecified atom stereocenters. The molecule has 18 heavy (non-hydrogen) atoms. The summed E-state index contributed by atoms with van der Waals surface area (Å²) in [5.41, 5.74) is 7.81. The molecule has 1 amide bonds. The molecule has 98 valence electrons. The molecule has 0 spiro atoms. The maximum Gasteiger partial charge on any atom is 0.219 e. The van der Waals surface area contributed by atoms with Crippen molar-refractivity contribution in [1.29, 1.82) is 0 Å². The zero-order valence-corrected chi connectivity index (χ0v) is 10.8. The lowest BCUT2D eigenvalue weighted by atomic mass is 10.1. The third-order valence-electron chi connectivity index (χ3n) is 3.83. The SMILES string of the molecule is CC(CC(N)=O)n1c(C2CC2)nc2c1CCNC2. The van der Waals surface area contributed by atoms with Crippen LogP contribution in [0.3, 0.4) is 0 Å². The Morgan fingerprint density at radius 3 is 3.06 bits per heavy atom. The number of nitrogens with zero attached hydrogens (tertiary/aromatic N) is 2. The van der Waals surface area contributed by atoms with E-state index in [1.165, 1.54) is 30.1 Å². The summed E-state index contributed by atoms with van der Waals surface area (Å²) in [4.78, 5) is 15.9. The molecule has 3 N–H and O–H groups in total. The van der Waals surface area contributed by atoms with Crippen molar-refractivity contribution in [2.24, 2.45) is 5.73 Å². The van der Waals surface area contributed by atoms with Gasteiger partial charge in [-0.05, 0) is 19.8 Å². The van der Waals surface area contributed by atoms with Crippen LogP contribution in [0, 0.1) is 0 Å². The first-order valence-electron chi connectivity index (χ1n) is 6.75. The molecule has 1 aromatic rings. The molecule has 0 saturated heterocycles. The molecule has 1 atom stereocenters. The highest BCUT2D eigenvalue weighted by molar-refractivity contribution is 5.74. The first-order valence-corrected chi connectivity index (χ1v) is 6.75. The fourth-order valence-electron chi connectivity index (χ4n) is 2.86. The molecule has 0 bridgehead atoms. The fourth-order valence-corrected chi connectivity index (χ4v) is 2.86. The normalized spacial score (nSPS) is 20.5. The second kappa shape index (κ2) is 4.39. The van der Waals surface area contributed by atoms with Crippen LogP contribution in [-0.4, -0.2) is 22.0 Å². The lowest BCUT2D eigenvalue weighted by Crippen LogP contribution is -2.27. The molecule has 1 fully saturated rings. The number of carbonyl (C=O) groups excluding carboxylic acids is 1. The highest BCUT2D eigenvalue weighted by atomic mass is 16.1. The van der Waals surface area contributed by atoms with Crippen LogP contribution in [0.5, 0.6) is 0 Å². The maximum absolute atomic E-state index is 11.1. The van der Waals surface area contributed by atoms with E-state index >= 15 is 0 Å². The Balaban J connectivity index is 1.98. The van der Waals surface area contributed by atoms with Crippen molar-refractivity contribution < 1.29 is 4.79 Å². The first kappa shape index (κ1) is 11.7. The summed E-state index contributed by atoms with van der Waals surface area (Å²) in [6, 6.07) is 0.132. The van der Waals surface area contributed by atoms with Gasteiger partial charge in [0.1, 0.15) is 5.82 Å². The van der Waals surface area contributed by atoms with Gasteiger partial charge in [0.2, 0.25) is 5.91 Å². The second-order valence-corrected chi connectivity index (χ2v) is 5.45. The van der Waals surface area contributed by atoms with E-state index in [0.717, 1.165) is 19.5 Å². The fraction of sp³-hybridized carbons (Fsp3) is 0.692. The average Bonchev–Trinajstić information content (AvgIpc) is 3.08. The number of aromatic nitrogens is 2. The Hall–Kier alpha value is -1.36. The molecule has 5 nitrogen and oxygen atoms in total. The summed E-state index contributed by atoms with van der Waals surface area (Å²) in [7, 11) is 0. The van der Waals surface area contributed by atoms with Gasteiger partial charge in [0.05, 0.1) is 5.69 Å². The molecule has 1 saturated carbocycles. The number of hydrogen-bond donors (Lipinski definition) is 2. The number of nitrogens with one attached hydrogen (secondary N) is 1. The van der Waals surface area contributed by atoms with Crippen LogP contribution in [0.25, 0.3) is 0 Å². The second-order valence-electron chi connectivity index (χ2n) is 5.45. The first-order chi connectivity index (χ1) is 8.66. The Labute approximate surface area is 107 Å². The van der Waals surface area contributed by atoms with E-state index in [4.69, 9.17) is 10.7 Å². The summed E-state index contributed by atoms with van der Waals surface area (Å²) >= 11 is 0. The molecule has 0 aromatic carbocycles. The number of amides is 1. The number of hydrogen-bond acceptors (Lipinski definition) is 3. The number of nitrogens with two attached hydrogens (primary N) is 1. The number of carbonyl (C=O) groups is 1. The van der Waals surface area contributed by atoms with Gasteiger partial charge in [0.25, 0.3) is 0 Å². The predicted molar refractivity (Wildman–Crippen MR) is 68.1 cm³/mol. The van der Waals surface area contributed by atoms with Gasteiger partial charge in [-0.1, -0.05) is 0 Å². The van der Waals surface area contributed by atoms with Crippen molar-refractivity contribution in [1.82, 2.24) is 14.9 Å². The van der Waals surface area contributed by atoms with Crippen LogP contribution >= 0.6 is 0 Å². The number of imidazole rings is 1. The van der Waals surface area contributed by atoms with Gasteiger partial charge in [0.15, 0.2) is 0 Å². The molecule has 0 radical (unpaired) electrons. The Morgan fingerprint density at radius 1 is 1.61 bits per heavy atom. The van der Waals surface area contributed by atoms with E-state index in [0.29, 0.717) is 12.3 Å². The Kier molecular flexibility index (Phi) is 2.86. The van der Waals surface area contributed by atoms with Gasteiger partial charge in [-0.3, -0.25) is 4.79 Å². The monoisotopic (exact) mass is 248 g/mol. The third-order valence-corrected chi connectivity index (χ3v) is 3.83. The molecule has 1 aromatic heterocycles. The molecule has 2 aliphatic rings. The molecular weight excluding hydrogens is 228 g/mol. The van der Waals surface area contributed by atoms with Gasteiger partial charge >= 0.3 is 0 Å². The average molecular weight is 248 g/mol. The van der Waals surface area contributed by atoms with Crippen molar-refractivity contribution in [2.45, 2.75) is 51.1 Å². The quantitative estimate of drug-likeness (QED) is 0.829. The van der Waals surface area contributed by atoms with Crippen molar-refractivity contribution in [3.8, 4) is 0 Å². The van der Waals surface area contributed by atoms with Crippen molar-refractivity contribution in [2.75, 3.05) is 6.54 Å². The van der Waals surface area contributed by atoms with Crippen LogP contribution < -0.4 is 11.1 Å². The van der Waals surface area contributed by atoms with Crippen molar-refractivity contribution in [3.63, 3.8) is 0 Å². The molecule has 1 aliphatic carbocycles. The minimum atomic E-state index is -0.236. The summed E-state index contributed by atoms with van der Waals surface area (Å²) in [6.07, 6.45) is 3.85. The third kappa shape index (κ3) is 2.03. The van der Waals surface area contributed by atoms with E-state index in [1.807, 2.05) is 0 Å². The van der Waals surface area contributed by atoms with Crippen LogP contribution in [-0.2, 0) is 17.8 Å². The Morgan fingerprint density at radius 2 is 2.39 bits per heavy atom. The van der Waals surface area contributed by atoms with Gasteiger partial charge in [0, 0.05) is 43.6 Å². The van der Waals surface area contributed by atoms with Gasteiger partial charge in [-0.2, -0.15) is 0 Å². The van der Waals surface area contributed by atoms with Crippen molar-refractivity contribution >= 4 is 5.91 Å². The molecular formula is C13H20N4O. The Bertz CT molecular complexity index is 476. The van der Waals surface area contributed by atoms with Gasteiger partial charge < -0.3 is 15.6 Å². The zero-order chi connectivity index (χ0) is 12.7. The van der Waals surface area contributed by atoms with E-state index in [1.54, 1.807) is 0 Å². The lowest BCUT2D eigenvalue weighted by Gasteiger charge is -2.21. The maximum atomic E-state index is 11.1. The molecule has 3 rings (SSSR count). The minimum Gasteiger partial charge on any atom is -0.370 e. The largest absolute Gasteiger partial charge is 0.370 e. The number of fused-ring (bicyclic) bond motifs is 1. The van der Waals surface area contributed by atoms with Gasteiger partial charge in [-0.25, -0.2) is 4.98 Å². The van der Waals surface area contributed by atoms with E-state index in [2.05, 4.69) is 16.8 Å². The highest BCUT2D eigenvalue weighted by Crippen LogP contribution is 2.41. The zero-order valence-electron chi connectivity index (χ0n) is 10.8. The summed E-state index contributed by atoms with van der Waals surface area (Å²) in [6.45, 7) is 3.91. The summed E-state index contributed by atoms with van der Waals surface area (Å²) < 4.78 is 2.29. The van der Waals surface area contributed by atoms with Crippen LogP contribution in [0.15, 0.2) is 0 Å². The van der Waals surface area contributed by atoms with E-state index < -0.39 is 0 Å². The molecule has 5 heteroatoms. The van der Waals surface area contributed by atoms with Crippen LogP contribution in [0.1, 0.15) is 55.4 Å². The van der Waals surface area contributed by atoms with Crippen LogP contribution in [0.2, 0.25) is 0 Å². The molecule has 2 heterocycles. The topological polar surface area (TPSA) is 72.9 Å². The number of primary amides is 1. The van der Waals surface area contributed by atoms with Crippen LogP contribution in [0.4, 0.5) is 0 Å². The van der Waals surface area contributed by atoms with Crippen molar-refractivity contribution in [3.05, 3.63) is 17.2 Å². The smallest absolute Gasteiger partial charge is 0.219 e. The lowest BCUT2D eigenvalue weighted by molar-refractivity contribution is -0.118.